The van der Waals surface area contributed by atoms with Crippen molar-refractivity contribution in [2.24, 2.45) is 5.73 Å². The minimum atomic E-state index is -1.52. The fourth-order valence-electron chi connectivity index (χ4n) is 1.27. The Balaban J connectivity index is 3.22. The van der Waals surface area contributed by atoms with E-state index in [4.69, 9.17) is 10.8 Å². The molecule has 0 saturated heterocycles. The fourth-order valence-corrected chi connectivity index (χ4v) is 1.27. The van der Waals surface area contributed by atoms with Gasteiger partial charge in [0.2, 0.25) is 0 Å². The minimum Gasteiger partial charge on any atom is -0.494 e. The predicted molar refractivity (Wildman–Crippen MR) is 52.2 cm³/mol. The van der Waals surface area contributed by atoms with Crippen LogP contribution in [0.15, 0.2) is 6.07 Å². The molecule has 0 heterocycles. The second-order valence-electron chi connectivity index (χ2n) is 3.32. The van der Waals surface area contributed by atoms with Crippen molar-refractivity contribution in [3.05, 3.63) is 29.1 Å². The van der Waals surface area contributed by atoms with Crippen LogP contribution in [-0.2, 0) is 11.2 Å². The van der Waals surface area contributed by atoms with Crippen molar-refractivity contribution in [2.45, 2.75) is 12.5 Å². The number of carbonyl (C=O) groups is 1. The van der Waals surface area contributed by atoms with Gasteiger partial charge in [0.05, 0.1) is 7.11 Å². The maximum atomic E-state index is 13.6. The van der Waals surface area contributed by atoms with Crippen molar-refractivity contribution in [3.8, 4) is 5.75 Å². The number of rotatable bonds is 4. The molecule has 17 heavy (non-hydrogen) atoms. The summed E-state index contributed by atoms with van der Waals surface area (Å²) in [5.74, 6) is -5.87. The Morgan fingerprint density at radius 3 is 2.53 bits per heavy atom. The third kappa shape index (κ3) is 2.68. The molecule has 1 unspecified atom stereocenters. The van der Waals surface area contributed by atoms with E-state index in [9.17, 15) is 18.0 Å². The van der Waals surface area contributed by atoms with E-state index in [2.05, 4.69) is 4.74 Å². The number of hydrogen-bond donors (Lipinski definition) is 2. The molecule has 1 atom stereocenters. The molecule has 0 spiro atoms. The summed E-state index contributed by atoms with van der Waals surface area (Å²) in [6, 6.07) is -0.981. The molecule has 4 nitrogen and oxygen atoms in total. The monoisotopic (exact) mass is 249 g/mol. The lowest BCUT2D eigenvalue weighted by molar-refractivity contribution is -0.138. The summed E-state index contributed by atoms with van der Waals surface area (Å²) in [5.41, 5.74) is 4.39. The molecule has 1 aromatic rings. The topological polar surface area (TPSA) is 72.5 Å². The number of carboxylic acids is 1. The zero-order valence-electron chi connectivity index (χ0n) is 8.84. The van der Waals surface area contributed by atoms with E-state index >= 15 is 0 Å². The first-order valence-corrected chi connectivity index (χ1v) is 4.57. The Morgan fingerprint density at radius 1 is 1.47 bits per heavy atom. The number of carboxylic acid groups (broad SMARTS) is 1. The smallest absolute Gasteiger partial charge is 0.320 e. The van der Waals surface area contributed by atoms with Crippen molar-refractivity contribution >= 4 is 5.97 Å². The van der Waals surface area contributed by atoms with Crippen LogP contribution >= 0.6 is 0 Å². The van der Waals surface area contributed by atoms with Gasteiger partial charge in [-0.25, -0.2) is 13.2 Å². The SMILES string of the molecule is COc1cc(F)c(F)c(CC(N)C(=O)O)c1F. The molecular formula is C10H10F3NO3. The highest BCUT2D eigenvalue weighted by Crippen LogP contribution is 2.26. The molecule has 0 amide bonds. The maximum absolute atomic E-state index is 13.6. The molecule has 0 aliphatic rings. The molecule has 1 rings (SSSR count). The van der Waals surface area contributed by atoms with E-state index in [0.717, 1.165) is 7.11 Å². The van der Waals surface area contributed by atoms with Gasteiger partial charge in [0.25, 0.3) is 0 Å². The maximum Gasteiger partial charge on any atom is 0.320 e. The van der Waals surface area contributed by atoms with Crippen LogP contribution in [0, 0.1) is 17.5 Å². The Kier molecular flexibility index (Phi) is 3.95. The Hall–Kier alpha value is -1.76. The van der Waals surface area contributed by atoms with Crippen LogP contribution in [0.2, 0.25) is 0 Å². The number of ether oxygens (including phenoxy) is 1. The molecule has 0 aromatic heterocycles. The predicted octanol–water partition coefficient (Wildman–Crippen LogP) is 1.07. The van der Waals surface area contributed by atoms with Gasteiger partial charge >= 0.3 is 5.97 Å². The lowest BCUT2D eigenvalue weighted by Gasteiger charge is -2.11. The van der Waals surface area contributed by atoms with E-state index in [1.165, 1.54) is 0 Å². The van der Waals surface area contributed by atoms with Crippen LogP contribution in [-0.4, -0.2) is 24.2 Å². The van der Waals surface area contributed by atoms with Gasteiger partial charge in [0.15, 0.2) is 23.2 Å². The highest BCUT2D eigenvalue weighted by molar-refractivity contribution is 5.73. The molecular weight excluding hydrogens is 239 g/mol. The Morgan fingerprint density at radius 2 is 2.06 bits per heavy atom. The molecule has 7 heteroatoms. The molecule has 1 aromatic carbocycles. The number of aliphatic carboxylic acids is 1. The van der Waals surface area contributed by atoms with Gasteiger partial charge in [-0.2, -0.15) is 0 Å². The van der Waals surface area contributed by atoms with Gasteiger partial charge in [0, 0.05) is 18.1 Å². The minimum absolute atomic E-state index is 0.503. The third-order valence-electron chi connectivity index (χ3n) is 2.17. The molecule has 0 saturated carbocycles. The van der Waals surface area contributed by atoms with Crippen molar-refractivity contribution in [1.29, 1.82) is 0 Å². The summed E-state index contributed by atoms with van der Waals surface area (Å²) < 4.78 is 44.4. The molecule has 0 fully saturated rings. The number of halogens is 3. The van der Waals surface area contributed by atoms with Crippen LogP contribution in [0.3, 0.4) is 0 Å². The van der Waals surface area contributed by atoms with E-state index in [1.54, 1.807) is 0 Å². The van der Waals surface area contributed by atoms with Gasteiger partial charge in [0.1, 0.15) is 6.04 Å². The van der Waals surface area contributed by atoms with Crippen LogP contribution in [0.25, 0.3) is 0 Å². The lowest BCUT2D eigenvalue weighted by Crippen LogP contribution is -2.33. The summed E-state index contributed by atoms with van der Waals surface area (Å²) >= 11 is 0. The van der Waals surface area contributed by atoms with Crippen LogP contribution < -0.4 is 10.5 Å². The second-order valence-corrected chi connectivity index (χ2v) is 3.32. The normalized spacial score (nSPS) is 12.3. The third-order valence-corrected chi connectivity index (χ3v) is 2.17. The summed E-state index contributed by atoms with van der Waals surface area (Å²) in [5, 5.41) is 8.53. The largest absolute Gasteiger partial charge is 0.494 e. The van der Waals surface area contributed by atoms with Gasteiger partial charge in [-0.05, 0) is 0 Å². The van der Waals surface area contributed by atoms with Gasteiger partial charge in [-0.3, -0.25) is 4.79 Å². The zero-order valence-corrected chi connectivity index (χ0v) is 8.84. The molecule has 0 bridgehead atoms. The molecule has 3 N–H and O–H groups in total. The second kappa shape index (κ2) is 5.05. The first kappa shape index (κ1) is 13.3. The van der Waals surface area contributed by atoms with E-state index in [0.29, 0.717) is 6.07 Å². The van der Waals surface area contributed by atoms with Crippen molar-refractivity contribution in [2.75, 3.05) is 7.11 Å². The summed E-state index contributed by atoms with van der Waals surface area (Å²) in [6.45, 7) is 0. The molecule has 94 valence electrons. The van der Waals surface area contributed by atoms with E-state index in [-0.39, 0.29) is 0 Å². The quantitative estimate of drug-likeness (QED) is 0.783. The number of benzene rings is 1. The fraction of sp³-hybridized carbons (Fsp3) is 0.300. The number of nitrogens with two attached hydrogens (primary N) is 1. The van der Waals surface area contributed by atoms with E-state index < -0.39 is 47.2 Å². The molecule has 0 radical (unpaired) electrons. The van der Waals surface area contributed by atoms with Crippen LogP contribution in [0.5, 0.6) is 5.75 Å². The first-order valence-electron chi connectivity index (χ1n) is 4.57. The van der Waals surface area contributed by atoms with Crippen LogP contribution in [0.4, 0.5) is 13.2 Å². The summed E-state index contributed by atoms with van der Waals surface area (Å²) in [4.78, 5) is 10.5. The van der Waals surface area contributed by atoms with E-state index in [1.807, 2.05) is 0 Å². The van der Waals surface area contributed by atoms with Gasteiger partial charge in [-0.1, -0.05) is 0 Å². The zero-order chi connectivity index (χ0) is 13.2. The highest BCUT2D eigenvalue weighted by Gasteiger charge is 2.23. The summed E-state index contributed by atoms with van der Waals surface area (Å²) in [6.07, 6.45) is -0.666. The Bertz CT molecular complexity index is 451. The number of methoxy groups -OCH3 is 1. The highest BCUT2D eigenvalue weighted by atomic mass is 19.2. The van der Waals surface area contributed by atoms with Crippen molar-refractivity contribution in [1.82, 2.24) is 0 Å². The average molecular weight is 249 g/mol. The van der Waals surface area contributed by atoms with Crippen molar-refractivity contribution in [3.63, 3.8) is 0 Å². The standard InChI is InChI=1S/C10H10F3NO3/c1-17-7-3-5(11)8(12)4(9(7)13)2-6(14)10(15)16/h3,6H,2,14H2,1H3,(H,15,16). The Labute approximate surface area is 94.8 Å². The average Bonchev–Trinajstić information content (AvgIpc) is 2.28. The first-order chi connectivity index (χ1) is 7.88. The lowest BCUT2D eigenvalue weighted by atomic mass is 10.0. The number of hydrogen-bond acceptors (Lipinski definition) is 3. The van der Waals surface area contributed by atoms with Gasteiger partial charge in [-0.15, -0.1) is 0 Å². The van der Waals surface area contributed by atoms with Gasteiger partial charge < -0.3 is 15.6 Å². The summed E-state index contributed by atoms with van der Waals surface area (Å²) in [7, 11) is 1.08. The van der Waals surface area contributed by atoms with Crippen molar-refractivity contribution < 1.29 is 27.8 Å². The van der Waals surface area contributed by atoms with Crippen LogP contribution in [0.1, 0.15) is 5.56 Å². The molecule has 0 aliphatic carbocycles. The molecule has 0 aliphatic heterocycles.